The van der Waals surface area contributed by atoms with Crippen LogP contribution in [0.2, 0.25) is 0 Å². The minimum atomic E-state index is -0.637. The van der Waals surface area contributed by atoms with E-state index in [9.17, 15) is 4.39 Å². The molecule has 0 aliphatic carbocycles. The van der Waals surface area contributed by atoms with Gasteiger partial charge in [-0.3, -0.25) is 9.98 Å². The van der Waals surface area contributed by atoms with Crippen molar-refractivity contribution in [3.8, 4) is 22.6 Å². The number of nitrogens with zero attached hydrogens (tertiary/aromatic N) is 3. The van der Waals surface area contributed by atoms with Gasteiger partial charge in [-0.1, -0.05) is 12.1 Å². The molecule has 0 saturated heterocycles. The molecule has 0 amide bonds. The second-order valence-electron chi connectivity index (χ2n) is 8.62. The molecule has 2 aromatic heterocycles. The first-order chi connectivity index (χ1) is 17.5. The van der Waals surface area contributed by atoms with Crippen molar-refractivity contribution in [2.24, 2.45) is 5.73 Å². The molecule has 0 radical (unpaired) electrons. The molecule has 4 aromatic rings. The Bertz CT molecular complexity index is 1550. The standard InChI is InChI=1S/C27H21F2N5O2/c28-21-13-17(16-3-2-10-35-14-16)12-20-23(26-33-8-9-34(26)27(30)31)19-11-15(5-6-22(19)36-24(20)21)18-4-1-7-32-25(18)29/h1,3-9,11-13,23H,2,10,14H2,(H3,30,31). The van der Waals surface area contributed by atoms with Gasteiger partial charge in [-0.15, -0.1) is 0 Å². The molecular formula is C27H21F2N5O2. The molecule has 36 heavy (non-hydrogen) atoms. The van der Waals surface area contributed by atoms with E-state index in [-0.39, 0.29) is 11.7 Å². The Morgan fingerprint density at radius 1 is 1.06 bits per heavy atom. The lowest BCUT2D eigenvalue weighted by molar-refractivity contribution is 0.164. The number of nitrogens with two attached hydrogens (primary N) is 1. The van der Waals surface area contributed by atoms with Gasteiger partial charge < -0.3 is 15.2 Å². The lowest BCUT2D eigenvalue weighted by Crippen LogP contribution is -2.25. The van der Waals surface area contributed by atoms with E-state index in [1.165, 1.54) is 23.0 Å². The number of aromatic nitrogens is 3. The van der Waals surface area contributed by atoms with Crippen molar-refractivity contribution >= 4 is 11.5 Å². The summed E-state index contributed by atoms with van der Waals surface area (Å²) in [6, 6.07) is 11.8. The van der Waals surface area contributed by atoms with Gasteiger partial charge in [0.2, 0.25) is 5.95 Å². The van der Waals surface area contributed by atoms with E-state index in [0.717, 1.165) is 12.0 Å². The Labute approximate surface area is 205 Å². The van der Waals surface area contributed by atoms with Crippen LogP contribution in [-0.4, -0.2) is 33.7 Å². The molecule has 3 N–H and O–H groups in total. The van der Waals surface area contributed by atoms with E-state index in [1.807, 2.05) is 12.1 Å². The number of imidazole rings is 1. The quantitative estimate of drug-likeness (QED) is 0.212. The van der Waals surface area contributed by atoms with Gasteiger partial charge in [0, 0.05) is 35.3 Å². The van der Waals surface area contributed by atoms with Crippen molar-refractivity contribution in [1.29, 1.82) is 5.41 Å². The van der Waals surface area contributed by atoms with Gasteiger partial charge in [0.1, 0.15) is 11.6 Å². The van der Waals surface area contributed by atoms with Crippen molar-refractivity contribution in [2.75, 3.05) is 13.2 Å². The normalized spacial score (nSPS) is 16.5. The number of hydrogen-bond acceptors (Lipinski definition) is 5. The molecule has 180 valence electrons. The number of hydrogen-bond donors (Lipinski definition) is 2. The SMILES string of the molecule is N=C(N)n1ccnc1C1c2cc(-c3cccnc3F)ccc2Oc2c(F)cc(C3=CCCOC3)cc21. The van der Waals surface area contributed by atoms with Gasteiger partial charge >= 0.3 is 0 Å². The maximum absolute atomic E-state index is 15.5. The molecule has 2 aliphatic rings. The number of ether oxygens (including phenoxy) is 2. The summed E-state index contributed by atoms with van der Waals surface area (Å²) >= 11 is 0. The summed E-state index contributed by atoms with van der Waals surface area (Å²) in [5.74, 6) is -1.09. The lowest BCUT2D eigenvalue weighted by atomic mass is 9.84. The van der Waals surface area contributed by atoms with E-state index in [4.69, 9.17) is 20.6 Å². The molecular weight excluding hydrogens is 464 g/mol. The average Bonchev–Trinajstić information content (AvgIpc) is 3.38. The zero-order valence-electron chi connectivity index (χ0n) is 19.0. The fourth-order valence-corrected chi connectivity index (χ4v) is 4.80. The van der Waals surface area contributed by atoms with Gasteiger partial charge in [-0.2, -0.15) is 4.39 Å². The highest BCUT2D eigenvalue weighted by Gasteiger charge is 2.35. The van der Waals surface area contributed by atoms with Crippen LogP contribution in [0.4, 0.5) is 8.78 Å². The monoisotopic (exact) mass is 485 g/mol. The molecule has 1 atom stereocenters. The Kier molecular flexibility index (Phi) is 5.34. The fraction of sp³-hybridized carbons (Fsp3) is 0.148. The first kappa shape index (κ1) is 22.1. The molecule has 0 spiro atoms. The molecule has 0 saturated carbocycles. The third-order valence-electron chi connectivity index (χ3n) is 6.45. The highest BCUT2D eigenvalue weighted by Crippen LogP contribution is 2.49. The number of rotatable bonds is 3. The predicted octanol–water partition coefficient (Wildman–Crippen LogP) is 5.05. The minimum Gasteiger partial charge on any atom is -0.454 e. The molecule has 0 bridgehead atoms. The number of halogens is 2. The van der Waals surface area contributed by atoms with Crippen LogP contribution in [0.15, 0.2) is 67.1 Å². The molecule has 4 heterocycles. The predicted molar refractivity (Wildman–Crippen MR) is 130 cm³/mol. The Hall–Kier alpha value is -4.37. The molecule has 7 nitrogen and oxygen atoms in total. The average molecular weight is 485 g/mol. The van der Waals surface area contributed by atoms with Crippen LogP contribution in [0.5, 0.6) is 11.5 Å². The number of fused-ring (bicyclic) bond motifs is 2. The summed E-state index contributed by atoms with van der Waals surface area (Å²) in [6.07, 6.45) is 7.28. The molecule has 2 aromatic carbocycles. The number of nitrogens with one attached hydrogen (secondary N) is 1. The number of benzene rings is 2. The Morgan fingerprint density at radius 3 is 2.69 bits per heavy atom. The van der Waals surface area contributed by atoms with E-state index in [1.54, 1.807) is 36.5 Å². The largest absolute Gasteiger partial charge is 0.454 e. The lowest BCUT2D eigenvalue weighted by Gasteiger charge is -2.30. The maximum atomic E-state index is 15.5. The second-order valence-corrected chi connectivity index (χ2v) is 8.62. The third kappa shape index (κ3) is 3.64. The molecule has 0 fully saturated rings. The van der Waals surface area contributed by atoms with Crippen LogP contribution < -0.4 is 10.5 Å². The van der Waals surface area contributed by atoms with Crippen molar-refractivity contribution in [3.63, 3.8) is 0 Å². The zero-order valence-corrected chi connectivity index (χ0v) is 19.0. The van der Waals surface area contributed by atoms with E-state index < -0.39 is 17.7 Å². The first-order valence-corrected chi connectivity index (χ1v) is 11.4. The second kappa shape index (κ2) is 8.69. The van der Waals surface area contributed by atoms with Gasteiger partial charge in [0.15, 0.2) is 17.5 Å². The van der Waals surface area contributed by atoms with E-state index in [2.05, 4.69) is 9.97 Å². The topological polar surface area (TPSA) is 99.0 Å². The Balaban J connectivity index is 1.59. The van der Waals surface area contributed by atoms with Crippen molar-refractivity contribution in [1.82, 2.24) is 14.5 Å². The van der Waals surface area contributed by atoms with Gasteiger partial charge in [0.05, 0.1) is 19.1 Å². The number of nitrogen functional groups attached to an aromatic ring is 1. The van der Waals surface area contributed by atoms with Crippen LogP contribution in [-0.2, 0) is 4.74 Å². The van der Waals surface area contributed by atoms with Crippen LogP contribution in [0.1, 0.15) is 34.9 Å². The first-order valence-electron chi connectivity index (χ1n) is 11.4. The van der Waals surface area contributed by atoms with Crippen LogP contribution >= 0.6 is 0 Å². The van der Waals surface area contributed by atoms with E-state index >= 15 is 4.39 Å². The summed E-state index contributed by atoms with van der Waals surface area (Å²) in [7, 11) is 0. The molecule has 2 aliphatic heterocycles. The maximum Gasteiger partial charge on any atom is 0.220 e. The number of pyridine rings is 1. The summed E-state index contributed by atoms with van der Waals surface area (Å²) in [5.41, 5.74) is 9.48. The van der Waals surface area contributed by atoms with Gasteiger partial charge in [0.25, 0.3) is 0 Å². The van der Waals surface area contributed by atoms with Crippen molar-refractivity contribution in [3.05, 3.63) is 101 Å². The zero-order chi connectivity index (χ0) is 24.8. The summed E-state index contributed by atoms with van der Waals surface area (Å²) in [5, 5.41) is 8.04. The fourth-order valence-electron chi connectivity index (χ4n) is 4.80. The van der Waals surface area contributed by atoms with Gasteiger partial charge in [-0.05, 0) is 59.5 Å². The molecule has 1 unspecified atom stereocenters. The smallest absolute Gasteiger partial charge is 0.220 e. The highest BCUT2D eigenvalue weighted by molar-refractivity contribution is 5.79. The van der Waals surface area contributed by atoms with Gasteiger partial charge in [-0.25, -0.2) is 14.4 Å². The summed E-state index contributed by atoms with van der Waals surface area (Å²) in [4.78, 5) is 8.25. The highest BCUT2D eigenvalue weighted by atomic mass is 19.1. The summed E-state index contributed by atoms with van der Waals surface area (Å²) < 4.78 is 43.1. The van der Waals surface area contributed by atoms with Crippen LogP contribution in [0.25, 0.3) is 16.7 Å². The minimum absolute atomic E-state index is 0.0759. The van der Waals surface area contributed by atoms with E-state index in [0.29, 0.717) is 52.6 Å². The van der Waals surface area contributed by atoms with Crippen LogP contribution in [0.3, 0.4) is 0 Å². The van der Waals surface area contributed by atoms with Crippen molar-refractivity contribution in [2.45, 2.75) is 12.3 Å². The van der Waals surface area contributed by atoms with Crippen molar-refractivity contribution < 1.29 is 18.3 Å². The molecule has 9 heteroatoms. The third-order valence-corrected chi connectivity index (χ3v) is 6.45. The Morgan fingerprint density at radius 2 is 1.92 bits per heavy atom. The van der Waals surface area contributed by atoms with Crippen LogP contribution in [0, 0.1) is 17.2 Å². The molecule has 6 rings (SSSR count). The summed E-state index contributed by atoms with van der Waals surface area (Å²) in [6.45, 7) is 1.01.